The Kier molecular flexibility index (Phi) is 3.47. The number of benzene rings is 2. The standard InChI is InChI=1S/C14H12N2O3/c15-13-9-12(17)8-7-10(13)5-6-11-3-1-2-4-14(11)16(18)19/h1-9,17H,15H2. The summed E-state index contributed by atoms with van der Waals surface area (Å²) in [7, 11) is 0. The lowest BCUT2D eigenvalue weighted by Gasteiger charge is -2.01. The predicted octanol–water partition coefficient (Wildman–Crippen LogP) is 3.05. The van der Waals surface area contributed by atoms with Crippen LogP contribution in [0.15, 0.2) is 42.5 Å². The van der Waals surface area contributed by atoms with E-state index >= 15 is 0 Å². The van der Waals surface area contributed by atoms with Gasteiger partial charge in [-0.05, 0) is 29.8 Å². The summed E-state index contributed by atoms with van der Waals surface area (Å²) < 4.78 is 0. The van der Waals surface area contributed by atoms with Gasteiger partial charge in [0.1, 0.15) is 5.75 Å². The minimum absolute atomic E-state index is 0.0381. The third-order valence-corrected chi connectivity index (χ3v) is 2.65. The van der Waals surface area contributed by atoms with Gasteiger partial charge in [-0.1, -0.05) is 18.2 Å². The van der Waals surface area contributed by atoms with E-state index in [0.717, 1.165) is 0 Å². The molecule has 0 heterocycles. The topological polar surface area (TPSA) is 89.4 Å². The van der Waals surface area contributed by atoms with Gasteiger partial charge in [0.25, 0.3) is 5.69 Å². The average molecular weight is 256 g/mol. The molecule has 0 aromatic heterocycles. The van der Waals surface area contributed by atoms with Gasteiger partial charge in [0.05, 0.1) is 10.5 Å². The number of anilines is 1. The molecule has 19 heavy (non-hydrogen) atoms. The highest BCUT2D eigenvalue weighted by molar-refractivity contribution is 5.78. The Hall–Kier alpha value is -2.82. The maximum absolute atomic E-state index is 10.9. The normalized spacial score (nSPS) is 10.7. The Labute approximate surface area is 109 Å². The number of nitro benzene ring substituents is 1. The Bertz CT molecular complexity index is 651. The maximum Gasteiger partial charge on any atom is 0.276 e. The second-order valence-electron chi connectivity index (χ2n) is 3.96. The molecular weight excluding hydrogens is 244 g/mol. The Balaban J connectivity index is 2.35. The van der Waals surface area contributed by atoms with Gasteiger partial charge >= 0.3 is 0 Å². The van der Waals surface area contributed by atoms with E-state index < -0.39 is 4.92 Å². The zero-order chi connectivity index (χ0) is 13.8. The van der Waals surface area contributed by atoms with Crippen molar-refractivity contribution in [1.82, 2.24) is 0 Å². The van der Waals surface area contributed by atoms with Crippen molar-refractivity contribution in [3.05, 3.63) is 63.7 Å². The number of nitrogens with two attached hydrogens (primary N) is 1. The molecular formula is C14H12N2O3. The molecule has 0 bridgehead atoms. The van der Waals surface area contributed by atoms with Crippen molar-refractivity contribution in [2.45, 2.75) is 0 Å². The van der Waals surface area contributed by atoms with Gasteiger partial charge in [-0.25, -0.2) is 0 Å². The van der Waals surface area contributed by atoms with E-state index in [2.05, 4.69) is 0 Å². The average Bonchev–Trinajstić information content (AvgIpc) is 2.38. The molecule has 0 saturated carbocycles. The largest absolute Gasteiger partial charge is 0.508 e. The molecule has 0 saturated heterocycles. The Morgan fingerprint density at radius 1 is 1.11 bits per heavy atom. The summed E-state index contributed by atoms with van der Waals surface area (Å²) in [5.41, 5.74) is 7.38. The van der Waals surface area contributed by atoms with Crippen LogP contribution in [0.2, 0.25) is 0 Å². The van der Waals surface area contributed by atoms with Crippen LogP contribution in [0.5, 0.6) is 5.75 Å². The van der Waals surface area contributed by atoms with Crippen molar-refractivity contribution in [2.75, 3.05) is 5.73 Å². The monoisotopic (exact) mass is 256 g/mol. The van der Waals surface area contributed by atoms with E-state index in [0.29, 0.717) is 16.8 Å². The zero-order valence-electron chi connectivity index (χ0n) is 9.98. The number of nitrogens with zero attached hydrogens (tertiary/aromatic N) is 1. The molecule has 0 amide bonds. The molecule has 2 rings (SSSR count). The molecule has 5 nitrogen and oxygen atoms in total. The van der Waals surface area contributed by atoms with E-state index in [1.165, 1.54) is 18.2 Å². The van der Waals surface area contributed by atoms with Crippen LogP contribution < -0.4 is 5.73 Å². The third-order valence-electron chi connectivity index (χ3n) is 2.65. The molecule has 0 aliphatic rings. The first kappa shape index (κ1) is 12.6. The van der Waals surface area contributed by atoms with Crippen LogP contribution in [-0.2, 0) is 0 Å². The highest BCUT2D eigenvalue weighted by Gasteiger charge is 2.09. The minimum Gasteiger partial charge on any atom is -0.508 e. The fourth-order valence-corrected chi connectivity index (χ4v) is 1.69. The van der Waals surface area contributed by atoms with Crippen LogP contribution >= 0.6 is 0 Å². The van der Waals surface area contributed by atoms with Gasteiger partial charge < -0.3 is 10.8 Å². The molecule has 0 aliphatic heterocycles. The lowest BCUT2D eigenvalue weighted by atomic mass is 10.1. The fourth-order valence-electron chi connectivity index (χ4n) is 1.69. The van der Waals surface area contributed by atoms with Gasteiger partial charge in [0.2, 0.25) is 0 Å². The summed E-state index contributed by atoms with van der Waals surface area (Å²) in [4.78, 5) is 10.4. The number of aromatic hydroxyl groups is 1. The summed E-state index contributed by atoms with van der Waals surface area (Å²) in [6.45, 7) is 0. The quantitative estimate of drug-likeness (QED) is 0.382. The van der Waals surface area contributed by atoms with Crippen molar-refractivity contribution in [3.63, 3.8) is 0 Å². The second-order valence-corrected chi connectivity index (χ2v) is 3.96. The van der Waals surface area contributed by atoms with Crippen LogP contribution in [-0.4, -0.2) is 10.0 Å². The zero-order valence-corrected chi connectivity index (χ0v) is 9.98. The van der Waals surface area contributed by atoms with Crippen LogP contribution in [0.3, 0.4) is 0 Å². The van der Waals surface area contributed by atoms with Crippen molar-refractivity contribution in [3.8, 4) is 5.75 Å². The maximum atomic E-state index is 10.9. The van der Waals surface area contributed by atoms with E-state index in [1.54, 1.807) is 36.4 Å². The van der Waals surface area contributed by atoms with E-state index in [-0.39, 0.29) is 11.4 Å². The van der Waals surface area contributed by atoms with E-state index in [1.807, 2.05) is 0 Å². The van der Waals surface area contributed by atoms with Crippen molar-refractivity contribution in [2.24, 2.45) is 0 Å². The first-order chi connectivity index (χ1) is 9.08. The number of phenolic OH excluding ortho intramolecular Hbond substituents is 1. The molecule has 0 spiro atoms. The number of para-hydroxylation sites is 1. The number of phenols is 1. The van der Waals surface area contributed by atoms with Gasteiger partial charge in [0.15, 0.2) is 0 Å². The van der Waals surface area contributed by atoms with Gasteiger partial charge in [0, 0.05) is 17.8 Å². The summed E-state index contributed by atoms with van der Waals surface area (Å²) in [5.74, 6) is 0.0836. The minimum atomic E-state index is -0.431. The molecule has 0 fully saturated rings. The van der Waals surface area contributed by atoms with Crippen molar-refractivity contribution < 1.29 is 10.0 Å². The Morgan fingerprint density at radius 2 is 1.79 bits per heavy atom. The first-order valence-corrected chi connectivity index (χ1v) is 5.58. The molecule has 0 atom stereocenters. The molecule has 0 aliphatic carbocycles. The number of hydrogen-bond acceptors (Lipinski definition) is 4. The highest BCUT2D eigenvalue weighted by Crippen LogP contribution is 2.23. The number of rotatable bonds is 3. The van der Waals surface area contributed by atoms with E-state index in [4.69, 9.17) is 5.73 Å². The van der Waals surface area contributed by atoms with Crippen molar-refractivity contribution >= 4 is 23.5 Å². The first-order valence-electron chi connectivity index (χ1n) is 5.58. The molecule has 0 unspecified atom stereocenters. The Morgan fingerprint density at radius 3 is 2.47 bits per heavy atom. The summed E-state index contributed by atoms with van der Waals surface area (Å²) in [6, 6.07) is 11.0. The van der Waals surface area contributed by atoms with Crippen molar-refractivity contribution in [1.29, 1.82) is 0 Å². The molecule has 2 aromatic carbocycles. The third kappa shape index (κ3) is 2.90. The van der Waals surface area contributed by atoms with Gasteiger partial charge in [-0.2, -0.15) is 0 Å². The molecule has 5 heteroatoms. The SMILES string of the molecule is Nc1cc(O)ccc1C=Cc1ccccc1[N+](=O)[O-]. The molecule has 2 aromatic rings. The fraction of sp³-hybridized carbons (Fsp3) is 0. The van der Waals surface area contributed by atoms with Gasteiger partial charge in [-0.15, -0.1) is 0 Å². The van der Waals surface area contributed by atoms with Crippen LogP contribution in [0.25, 0.3) is 12.2 Å². The number of nitro groups is 1. The summed E-state index contributed by atoms with van der Waals surface area (Å²) >= 11 is 0. The number of hydrogen-bond donors (Lipinski definition) is 2. The van der Waals surface area contributed by atoms with Crippen LogP contribution in [0.1, 0.15) is 11.1 Å². The van der Waals surface area contributed by atoms with Crippen LogP contribution in [0, 0.1) is 10.1 Å². The summed E-state index contributed by atoms with van der Waals surface area (Å²) in [6.07, 6.45) is 3.30. The molecule has 3 N–H and O–H groups in total. The van der Waals surface area contributed by atoms with Crippen LogP contribution in [0.4, 0.5) is 11.4 Å². The second kappa shape index (κ2) is 5.22. The molecule has 0 radical (unpaired) electrons. The lowest BCUT2D eigenvalue weighted by Crippen LogP contribution is -1.91. The molecule has 96 valence electrons. The lowest BCUT2D eigenvalue weighted by molar-refractivity contribution is -0.385. The van der Waals surface area contributed by atoms with Gasteiger partial charge in [-0.3, -0.25) is 10.1 Å². The summed E-state index contributed by atoms with van der Waals surface area (Å²) in [5, 5.41) is 20.1. The highest BCUT2D eigenvalue weighted by atomic mass is 16.6. The smallest absolute Gasteiger partial charge is 0.276 e. The van der Waals surface area contributed by atoms with E-state index in [9.17, 15) is 15.2 Å². The predicted molar refractivity (Wildman–Crippen MR) is 74.5 cm³/mol. The number of nitrogen functional groups attached to an aromatic ring is 1.